The molecular weight excluding hydrogens is 1860 g/mol. The lowest BCUT2D eigenvalue weighted by Gasteiger charge is -2.17. The Kier molecular flexibility index (Phi) is 18.8. The Bertz CT molecular complexity index is 11400. The Morgan fingerprint density at radius 2 is 0.571 bits per heavy atom. The van der Waals surface area contributed by atoms with E-state index in [4.69, 9.17) is 29.9 Å². The molecule has 0 unspecified atom stereocenters. The van der Waals surface area contributed by atoms with Gasteiger partial charge in [0.25, 0.3) is 16.7 Å². The fourth-order valence-electron chi connectivity index (χ4n) is 23.0. The lowest BCUT2D eigenvalue weighted by Crippen LogP contribution is -2.21. The quantitative estimate of drug-likeness (QED) is 0.135. The zero-order valence-electron chi connectivity index (χ0n) is 78.0. The van der Waals surface area contributed by atoms with Crippen LogP contribution < -0.4 is 16.7 Å². The van der Waals surface area contributed by atoms with Gasteiger partial charge in [0.05, 0.1) is 86.5 Å². The van der Waals surface area contributed by atoms with E-state index >= 15 is 4.79 Å². The Morgan fingerprint density at radius 3 is 1.14 bits per heavy atom. The minimum Gasteiger partial charge on any atom is -0.276 e. The van der Waals surface area contributed by atoms with E-state index in [0.29, 0.717) is 50.9 Å². The van der Waals surface area contributed by atoms with Crippen molar-refractivity contribution in [2.24, 2.45) is 0 Å². The predicted octanol–water partition coefficient (Wildman–Crippen LogP) is 32.0. The van der Waals surface area contributed by atoms with E-state index in [9.17, 15) is 9.59 Å². The SMILES string of the molecule is O=c1c2c(-c3ccc(-c4ccccc4)cc3)nc(-n3c4ccc5ccccc5c4c4ccc5c6ccccc6sc5c43)nc2c2ccccc2n1-c1ccccc1.O=c1c2ccccc2c2nc(-n3c4ccccc4c4c5ccccc5c5c6ccccc6sc5c43)ncc2n1-c1ccccc1.O=c1c2nc(-n3c4ccccc4c4c5ccccc5c5c6ccccc6sc5c43)ncc2c2ccccc2n1-c1ccccc1. The molecule has 0 aliphatic carbocycles. The van der Waals surface area contributed by atoms with Gasteiger partial charge in [-0.3, -0.25) is 41.8 Å². The summed E-state index contributed by atoms with van der Waals surface area (Å²) in [5, 5.41) is 26.1. The van der Waals surface area contributed by atoms with Gasteiger partial charge in [-0.05, 0) is 134 Å². The highest BCUT2D eigenvalue weighted by atomic mass is 32.1. The second-order valence-electron chi connectivity index (χ2n) is 37.2. The van der Waals surface area contributed by atoms with Crippen molar-refractivity contribution in [1.82, 2.24) is 57.3 Å². The zero-order chi connectivity index (χ0) is 96.9. The van der Waals surface area contributed by atoms with Crippen LogP contribution in [0.4, 0.5) is 0 Å². The number of hydrogen-bond donors (Lipinski definition) is 0. The summed E-state index contributed by atoms with van der Waals surface area (Å²) < 4.78 is 19.2. The molecule has 686 valence electrons. The standard InChI is InChI=1S/C51H30N4OS.2C39H22N4OS/c56-50-45-46(34-25-23-32(24-26-34)31-13-3-1-4-14-31)52-51(53-47(45)39-20-9-11-21-41(39)54(50)35-16-5-2-6-17-35)55-42-30-27-33-15-7-8-18-36(33)44(42)40-29-28-38-37-19-10-12-22-43(37)57-49(38)48(40)55;44-38-35-29(24-14-6-9-19-30(24)42(38)23-12-2-1-3-13-23)22-40-39(41-35)43-31-20-10-7-17-27(31)33-25-15-4-5-16-26(25)34-28-18-8-11-21-32(28)45-37(34)36(33)43;44-38-27-17-7-6-16-26(27)35-31(42(38)23-12-2-1-3-13-23)22-40-39(41-35)43-30-20-10-8-18-28(30)33-24-14-4-5-15-25(24)34-29-19-9-11-21-32(29)45-37(34)36(33)43/h1-30H;2*1-22H. The molecule has 0 bridgehead atoms. The van der Waals surface area contributed by atoms with Crippen molar-refractivity contribution in [3.05, 3.63) is 480 Å². The number of nitrogens with zero attached hydrogens (tertiary/aromatic N) is 12. The molecule has 32 aromatic rings. The van der Waals surface area contributed by atoms with Gasteiger partial charge < -0.3 is 0 Å². The van der Waals surface area contributed by atoms with Gasteiger partial charge in [0.15, 0.2) is 0 Å². The minimum absolute atomic E-state index is 0.0871. The number of aromatic nitrogens is 12. The maximum absolute atomic E-state index is 15.1. The number of fused-ring (bicyclic) bond motifs is 38. The first-order valence-electron chi connectivity index (χ1n) is 48.8. The molecule has 20 aromatic carbocycles. The molecule has 0 saturated carbocycles. The normalized spacial score (nSPS) is 12.0. The van der Waals surface area contributed by atoms with Crippen LogP contribution in [-0.2, 0) is 0 Å². The smallest absolute Gasteiger partial charge is 0.276 e. The molecule has 12 heterocycles. The van der Waals surface area contributed by atoms with Crippen molar-refractivity contribution < 1.29 is 0 Å². The molecule has 0 amide bonds. The molecule has 15 nitrogen and oxygen atoms in total. The molecule has 0 aliphatic heterocycles. The van der Waals surface area contributed by atoms with Gasteiger partial charge in [0.1, 0.15) is 11.0 Å². The monoisotopic (exact) mass is 1930 g/mol. The summed E-state index contributed by atoms with van der Waals surface area (Å²) in [6, 6.07) is 150. The van der Waals surface area contributed by atoms with E-state index in [0.717, 1.165) is 126 Å². The molecule has 0 spiro atoms. The van der Waals surface area contributed by atoms with Crippen LogP contribution in [0.1, 0.15) is 0 Å². The summed E-state index contributed by atoms with van der Waals surface area (Å²) in [5.41, 5.74) is 15.9. The molecule has 0 aliphatic rings. The second kappa shape index (κ2) is 33.0. The summed E-state index contributed by atoms with van der Waals surface area (Å²) in [5.74, 6) is 1.58. The molecule has 0 N–H and O–H groups in total. The van der Waals surface area contributed by atoms with Gasteiger partial charge in [-0.1, -0.05) is 346 Å². The third kappa shape index (κ3) is 12.6. The number of rotatable bonds is 8. The van der Waals surface area contributed by atoms with E-state index in [1.807, 2.05) is 200 Å². The largest absolute Gasteiger partial charge is 0.282 e. The van der Waals surface area contributed by atoms with E-state index in [2.05, 4.69) is 275 Å². The highest BCUT2D eigenvalue weighted by Crippen LogP contribution is 2.52. The van der Waals surface area contributed by atoms with Gasteiger partial charge in [-0.25, -0.2) is 29.9 Å². The Labute approximate surface area is 846 Å². The number of hydrogen-bond acceptors (Lipinski definition) is 12. The van der Waals surface area contributed by atoms with Gasteiger partial charge in [0, 0.05) is 134 Å². The average molecular weight is 1940 g/mol. The van der Waals surface area contributed by atoms with E-state index < -0.39 is 0 Å². The van der Waals surface area contributed by atoms with Crippen molar-refractivity contribution in [3.63, 3.8) is 0 Å². The number of thiophene rings is 3. The molecule has 0 atom stereocenters. The van der Waals surface area contributed by atoms with E-state index in [1.54, 1.807) is 36.4 Å². The van der Waals surface area contributed by atoms with Crippen LogP contribution in [0.3, 0.4) is 0 Å². The summed E-state index contributed by atoms with van der Waals surface area (Å²) in [4.78, 5) is 74.8. The highest BCUT2D eigenvalue weighted by molar-refractivity contribution is 7.27. The molecule has 12 aromatic heterocycles. The van der Waals surface area contributed by atoms with Crippen LogP contribution in [0.5, 0.6) is 0 Å². The van der Waals surface area contributed by atoms with Crippen LogP contribution >= 0.6 is 34.0 Å². The zero-order valence-corrected chi connectivity index (χ0v) is 80.5. The van der Waals surface area contributed by atoms with Crippen molar-refractivity contribution in [3.8, 4) is 57.3 Å². The van der Waals surface area contributed by atoms with Gasteiger partial charge in [-0.15, -0.1) is 34.0 Å². The lowest BCUT2D eigenvalue weighted by atomic mass is 9.99. The maximum Gasteiger partial charge on any atom is 0.282 e. The number of pyridine rings is 3. The maximum atomic E-state index is 15.1. The van der Waals surface area contributed by atoms with Crippen LogP contribution in [0.2, 0.25) is 0 Å². The van der Waals surface area contributed by atoms with Crippen LogP contribution in [0.25, 0.3) is 281 Å². The highest BCUT2D eigenvalue weighted by Gasteiger charge is 2.31. The third-order valence-corrected chi connectivity index (χ3v) is 32.9. The van der Waals surface area contributed by atoms with E-state index in [-0.39, 0.29) is 16.7 Å². The molecule has 0 saturated heterocycles. The topological polar surface area (TPSA) is 158 Å². The second-order valence-corrected chi connectivity index (χ2v) is 40.3. The van der Waals surface area contributed by atoms with Gasteiger partial charge >= 0.3 is 0 Å². The van der Waals surface area contributed by atoms with Crippen LogP contribution in [-0.4, -0.2) is 57.3 Å². The van der Waals surface area contributed by atoms with Crippen LogP contribution in [0.15, 0.2) is 464 Å². The minimum atomic E-state index is -0.170. The van der Waals surface area contributed by atoms with Crippen LogP contribution in [0, 0.1) is 0 Å². The fourth-order valence-corrected chi connectivity index (χ4v) is 26.8. The molecule has 147 heavy (non-hydrogen) atoms. The first-order chi connectivity index (χ1) is 72.8. The molecule has 0 fully saturated rings. The summed E-state index contributed by atoms with van der Waals surface area (Å²) in [7, 11) is 0. The Hall–Kier alpha value is -19.1. The molecule has 32 rings (SSSR count). The summed E-state index contributed by atoms with van der Waals surface area (Å²) in [6.45, 7) is 0. The van der Waals surface area contributed by atoms with Crippen molar-refractivity contribution in [2.75, 3.05) is 0 Å². The van der Waals surface area contributed by atoms with E-state index in [1.165, 1.54) is 104 Å². The van der Waals surface area contributed by atoms with Gasteiger partial charge in [-0.2, -0.15) is 0 Å². The Balaban J connectivity index is 0.000000103. The molecular formula is C129H74N12O3S3. The Morgan fingerprint density at radius 1 is 0.184 bits per heavy atom. The molecule has 18 heteroatoms. The average Bonchev–Trinajstić information content (AvgIpc) is 1.55. The first kappa shape index (κ1) is 83.7. The van der Waals surface area contributed by atoms with Gasteiger partial charge in [0.2, 0.25) is 17.8 Å². The summed E-state index contributed by atoms with van der Waals surface area (Å²) in [6.07, 6.45) is 3.63. The summed E-state index contributed by atoms with van der Waals surface area (Å²) >= 11 is 5.41. The lowest BCUT2D eigenvalue weighted by molar-refractivity contribution is 0.988. The first-order valence-corrected chi connectivity index (χ1v) is 51.3. The predicted molar refractivity (Wildman–Crippen MR) is 613 cm³/mol. The number of para-hydroxylation sites is 7. The molecule has 0 radical (unpaired) electrons. The number of benzene rings is 20. The third-order valence-electron chi connectivity index (χ3n) is 29.3. The fraction of sp³-hybridized carbons (Fsp3) is 0. The van der Waals surface area contributed by atoms with Crippen molar-refractivity contribution in [1.29, 1.82) is 0 Å². The van der Waals surface area contributed by atoms with Crippen molar-refractivity contribution in [2.45, 2.75) is 0 Å². The van der Waals surface area contributed by atoms with Crippen molar-refractivity contribution >= 4 is 258 Å².